The Hall–Kier alpha value is -3.07. The van der Waals surface area contributed by atoms with Crippen molar-refractivity contribution in [2.75, 3.05) is 13.2 Å². The molecule has 1 aromatic rings. The van der Waals surface area contributed by atoms with Gasteiger partial charge in [0, 0.05) is 11.6 Å². The zero-order chi connectivity index (χ0) is 21.6. The van der Waals surface area contributed by atoms with Crippen molar-refractivity contribution in [2.45, 2.75) is 53.5 Å². The fraction of sp³-hybridized carbons (Fsp3) is 0.435. The zero-order valence-electron chi connectivity index (χ0n) is 17.7. The van der Waals surface area contributed by atoms with Crippen LogP contribution < -0.4 is 9.47 Å². The van der Waals surface area contributed by atoms with Gasteiger partial charge in [-0.3, -0.25) is 14.5 Å². The lowest BCUT2D eigenvalue weighted by Crippen LogP contribution is -2.47. The van der Waals surface area contributed by atoms with Crippen LogP contribution in [0.1, 0.15) is 53.0 Å². The number of carbonyl (C=O) groups is 2. The number of ether oxygens (including phenoxy) is 2. The average Bonchev–Trinajstić information content (AvgIpc) is 2.71. The third kappa shape index (κ3) is 4.68. The van der Waals surface area contributed by atoms with Crippen LogP contribution in [-0.4, -0.2) is 36.0 Å². The molecule has 0 fully saturated rings. The van der Waals surface area contributed by atoms with Crippen LogP contribution in [0.2, 0.25) is 0 Å². The fourth-order valence-corrected chi connectivity index (χ4v) is 3.06. The van der Waals surface area contributed by atoms with Crippen LogP contribution in [0.3, 0.4) is 0 Å². The van der Waals surface area contributed by atoms with Gasteiger partial charge in [0.1, 0.15) is 11.6 Å². The minimum atomic E-state index is -0.528. The van der Waals surface area contributed by atoms with Crippen molar-refractivity contribution in [1.29, 1.82) is 5.26 Å². The van der Waals surface area contributed by atoms with Crippen LogP contribution in [0, 0.1) is 11.3 Å². The van der Waals surface area contributed by atoms with Crippen molar-refractivity contribution < 1.29 is 19.1 Å². The highest BCUT2D eigenvalue weighted by atomic mass is 16.5. The predicted octanol–water partition coefficient (Wildman–Crippen LogP) is 4.26. The van der Waals surface area contributed by atoms with Gasteiger partial charge in [-0.15, -0.1) is 0 Å². The normalized spacial score (nSPS) is 16.8. The quantitative estimate of drug-likeness (QED) is 0.484. The van der Waals surface area contributed by atoms with Gasteiger partial charge in [0.2, 0.25) is 0 Å². The maximum Gasteiger partial charge on any atom is 0.271 e. The molecule has 2 rings (SSSR count). The summed E-state index contributed by atoms with van der Waals surface area (Å²) in [7, 11) is 0. The van der Waals surface area contributed by atoms with E-state index in [1.165, 1.54) is 4.90 Å². The fourth-order valence-electron chi connectivity index (χ4n) is 3.06. The van der Waals surface area contributed by atoms with Crippen molar-refractivity contribution >= 4 is 17.9 Å². The molecule has 6 nitrogen and oxygen atoms in total. The molecular formula is C23H28N2O4. The monoisotopic (exact) mass is 396 g/mol. The summed E-state index contributed by atoms with van der Waals surface area (Å²) < 4.78 is 11.4. The van der Waals surface area contributed by atoms with Crippen LogP contribution in [0.25, 0.3) is 6.08 Å². The molecule has 2 amide bonds. The molecule has 1 heterocycles. The Morgan fingerprint density at radius 1 is 1.14 bits per heavy atom. The molecule has 1 unspecified atom stereocenters. The number of hydrogen-bond acceptors (Lipinski definition) is 5. The van der Waals surface area contributed by atoms with Gasteiger partial charge in [-0.05, 0) is 63.0 Å². The van der Waals surface area contributed by atoms with Gasteiger partial charge < -0.3 is 9.47 Å². The van der Waals surface area contributed by atoms with Gasteiger partial charge in [-0.1, -0.05) is 19.9 Å². The van der Waals surface area contributed by atoms with Crippen molar-refractivity contribution in [3.8, 4) is 17.6 Å². The van der Waals surface area contributed by atoms with Crippen molar-refractivity contribution in [2.24, 2.45) is 0 Å². The van der Waals surface area contributed by atoms with Crippen molar-refractivity contribution in [3.05, 3.63) is 40.5 Å². The number of carbonyl (C=O) groups excluding carboxylic acids is 2. The number of amides is 2. The lowest BCUT2D eigenvalue weighted by molar-refractivity contribution is -0.142. The van der Waals surface area contributed by atoms with Gasteiger partial charge in [0.25, 0.3) is 11.8 Å². The molecule has 0 aromatic heterocycles. The van der Waals surface area contributed by atoms with E-state index in [4.69, 9.17) is 9.47 Å². The summed E-state index contributed by atoms with van der Waals surface area (Å²) in [6.07, 6.45) is 3.19. The Labute approximate surface area is 172 Å². The summed E-state index contributed by atoms with van der Waals surface area (Å²) >= 11 is 0. The molecule has 29 heavy (non-hydrogen) atoms. The molecule has 6 heteroatoms. The SMILES string of the molecule is CCCOc1ccc(/C=C2/C(=O)N(C(C)CC)C(=O)C(C#N)=C2C)cc1OCC. The molecule has 0 N–H and O–H groups in total. The average molecular weight is 396 g/mol. The second kappa shape index (κ2) is 9.92. The molecule has 0 radical (unpaired) electrons. The molecule has 1 aliphatic heterocycles. The third-order valence-electron chi connectivity index (χ3n) is 4.84. The van der Waals surface area contributed by atoms with E-state index in [-0.39, 0.29) is 17.5 Å². The van der Waals surface area contributed by atoms with Crippen LogP contribution >= 0.6 is 0 Å². The lowest BCUT2D eigenvalue weighted by Gasteiger charge is -2.31. The molecule has 0 saturated carbocycles. The first-order valence-corrected chi connectivity index (χ1v) is 10.00. The highest BCUT2D eigenvalue weighted by molar-refractivity contribution is 6.19. The van der Waals surface area contributed by atoms with Crippen molar-refractivity contribution in [1.82, 2.24) is 4.90 Å². The molecule has 154 valence electrons. The van der Waals surface area contributed by atoms with E-state index in [9.17, 15) is 14.9 Å². The van der Waals surface area contributed by atoms with E-state index >= 15 is 0 Å². The van der Waals surface area contributed by atoms with Crippen LogP contribution in [0.15, 0.2) is 34.9 Å². The minimum Gasteiger partial charge on any atom is -0.490 e. The number of hydrogen-bond donors (Lipinski definition) is 0. The Morgan fingerprint density at radius 2 is 1.86 bits per heavy atom. The van der Waals surface area contributed by atoms with E-state index in [0.717, 1.165) is 12.0 Å². The summed E-state index contributed by atoms with van der Waals surface area (Å²) in [5.41, 5.74) is 1.47. The molecule has 1 atom stereocenters. The third-order valence-corrected chi connectivity index (χ3v) is 4.84. The van der Waals surface area contributed by atoms with Gasteiger partial charge >= 0.3 is 0 Å². The van der Waals surface area contributed by atoms with E-state index in [0.29, 0.717) is 42.3 Å². The number of benzene rings is 1. The lowest BCUT2D eigenvalue weighted by atomic mass is 9.92. The zero-order valence-corrected chi connectivity index (χ0v) is 17.7. The van der Waals surface area contributed by atoms with Crippen LogP contribution in [-0.2, 0) is 9.59 Å². The van der Waals surface area contributed by atoms with Gasteiger partial charge in [0.15, 0.2) is 11.5 Å². The van der Waals surface area contributed by atoms with Gasteiger partial charge in [0.05, 0.1) is 13.2 Å². The maximum absolute atomic E-state index is 13.1. The summed E-state index contributed by atoms with van der Waals surface area (Å²) in [5.74, 6) is 0.327. The maximum atomic E-state index is 13.1. The molecule has 0 aliphatic carbocycles. The van der Waals surface area contributed by atoms with Crippen LogP contribution in [0.5, 0.6) is 11.5 Å². The standard InChI is InChI=1S/C23H28N2O4/c1-6-11-29-20-10-9-17(13-21(20)28-8-3)12-18-16(5)19(14-24)23(27)25(22(18)26)15(4)7-2/h9-10,12-13,15H,6-8,11H2,1-5H3/b18-12+. The van der Waals surface area contributed by atoms with Crippen molar-refractivity contribution in [3.63, 3.8) is 0 Å². The minimum absolute atomic E-state index is 0.00378. The summed E-state index contributed by atoms with van der Waals surface area (Å²) in [6, 6.07) is 7.11. The Balaban J connectivity index is 2.54. The topological polar surface area (TPSA) is 79.6 Å². The first-order chi connectivity index (χ1) is 13.9. The number of nitrogens with zero attached hydrogens (tertiary/aromatic N) is 2. The molecule has 1 aliphatic rings. The Bertz CT molecular complexity index is 893. The molecule has 0 saturated heterocycles. The predicted molar refractivity (Wildman–Crippen MR) is 111 cm³/mol. The first kappa shape index (κ1) is 22.2. The smallest absolute Gasteiger partial charge is 0.271 e. The number of imide groups is 1. The van der Waals surface area contributed by atoms with Crippen LogP contribution in [0.4, 0.5) is 0 Å². The summed E-state index contributed by atoms with van der Waals surface area (Å²) in [4.78, 5) is 26.9. The Kier molecular flexibility index (Phi) is 7.60. The summed E-state index contributed by atoms with van der Waals surface area (Å²) in [6.45, 7) is 10.3. The number of nitriles is 1. The van der Waals surface area contributed by atoms with E-state index in [2.05, 4.69) is 0 Å². The van der Waals surface area contributed by atoms with E-state index < -0.39 is 5.91 Å². The molecule has 0 bridgehead atoms. The number of rotatable bonds is 8. The molecular weight excluding hydrogens is 368 g/mol. The highest BCUT2D eigenvalue weighted by Gasteiger charge is 2.37. The van der Waals surface area contributed by atoms with E-state index in [1.807, 2.05) is 39.0 Å². The molecule has 0 spiro atoms. The second-order valence-corrected chi connectivity index (χ2v) is 6.90. The highest BCUT2D eigenvalue weighted by Crippen LogP contribution is 2.32. The van der Waals surface area contributed by atoms with Gasteiger partial charge in [-0.2, -0.15) is 5.26 Å². The second-order valence-electron chi connectivity index (χ2n) is 6.90. The summed E-state index contributed by atoms with van der Waals surface area (Å²) in [5, 5.41) is 9.48. The largest absolute Gasteiger partial charge is 0.490 e. The first-order valence-electron chi connectivity index (χ1n) is 10.00. The molecule has 1 aromatic carbocycles. The van der Waals surface area contributed by atoms with Gasteiger partial charge in [-0.25, -0.2) is 0 Å². The Morgan fingerprint density at radius 3 is 2.45 bits per heavy atom. The van der Waals surface area contributed by atoms with E-state index in [1.54, 1.807) is 26.0 Å².